The highest BCUT2D eigenvalue weighted by molar-refractivity contribution is 5.68. The van der Waals surface area contributed by atoms with E-state index >= 15 is 0 Å². The Morgan fingerprint density at radius 3 is 2.62 bits per heavy atom. The van der Waals surface area contributed by atoms with E-state index in [0.717, 1.165) is 6.42 Å². The number of alkyl carbamates (subject to hydrolysis) is 1. The van der Waals surface area contributed by atoms with E-state index in [9.17, 15) is 4.79 Å². The van der Waals surface area contributed by atoms with Crippen LogP contribution in [0, 0.1) is 0 Å². The van der Waals surface area contributed by atoms with Gasteiger partial charge in [0.1, 0.15) is 0 Å². The molecule has 1 N–H and O–H groups in total. The highest BCUT2D eigenvalue weighted by Gasteiger charge is 2.01. The average molecular weight is 219 g/mol. The van der Waals surface area contributed by atoms with Gasteiger partial charge in [-0.15, -0.1) is 0 Å². The standard InChI is InChI=1S/C13H17NO2/c1-3-11(9-10-14-13(15)16-2)12-7-5-4-6-8-12/h3-8H,9-10H2,1-2H3,(H,14,15)/b11-3+. The first-order valence-corrected chi connectivity index (χ1v) is 5.30. The number of ether oxygens (including phenoxy) is 1. The second kappa shape index (κ2) is 6.67. The van der Waals surface area contributed by atoms with Gasteiger partial charge in [-0.3, -0.25) is 0 Å². The summed E-state index contributed by atoms with van der Waals surface area (Å²) >= 11 is 0. The first kappa shape index (κ1) is 12.3. The number of methoxy groups -OCH3 is 1. The molecule has 0 aliphatic carbocycles. The van der Waals surface area contributed by atoms with Gasteiger partial charge in [-0.2, -0.15) is 0 Å². The lowest BCUT2D eigenvalue weighted by atomic mass is 10.0. The predicted molar refractivity (Wildman–Crippen MR) is 65.1 cm³/mol. The van der Waals surface area contributed by atoms with E-state index in [1.807, 2.05) is 25.1 Å². The first-order valence-electron chi connectivity index (χ1n) is 5.30. The molecule has 86 valence electrons. The van der Waals surface area contributed by atoms with Crippen molar-refractivity contribution >= 4 is 11.7 Å². The first-order chi connectivity index (χ1) is 7.77. The zero-order valence-electron chi connectivity index (χ0n) is 9.69. The van der Waals surface area contributed by atoms with Crippen LogP contribution in [0.5, 0.6) is 0 Å². The molecule has 1 amide bonds. The summed E-state index contributed by atoms with van der Waals surface area (Å²) < 4.78 is 4.50. The number of nitrogens with one attached hydrogen (secondary N) is 1. The van der Waals surface area contributed by atoms with Crippen molar-refractivity contribution in [1.82, 2.24) is 5.32 Å². The second-order valence-corrected chi connectivity index (χ2v) is 3.35. The van der Waals surface area contributed by atoms with Crippen LogP contribution in [0.3, 0.4) is 0 Å². The van der Waals surface area contributed by atoms with Gasteiger partial charge in [-0.1, -0.05) is 36.4 Å². The van der Waals surface area contributed by atoms with Crippen LogP contribution in [-0.2, 0) is 4.74 Å². The molecule has 3 heteroatoms. The maximum atomic E-state index is 10.9. The molecule has 0 heterocycles. The maximum absolute atomic E-state index is 10.9. The molecule has 3 nitrogen and oxygen atoms in total. The molecule has 1 aromatic carbocycles. The van der Waals surface area contributed by atoms with Gasteiger partial charge in [0.2, 0.25) is 0 Å². The van der Waals surface area contributed by atoms with Crippen molar-refractivity contribution in [2.45, 2.75) is 13.3 Å². The molecule has 0 spiro atoms. The Kier molecular flexibility index (Phi) is 5.12. The monoisotopic (exact) mass is 219 g/mol. The van der Waals surface area contributed by atoms with Crippen molar-refractivity contribution in [2.75, 3.05) is 13.7 Å². The van der Waals surface area contributed by atoms with Crippen LogP contribution in [0.15, 0.2) is 36.4 Å². The normalized spacial score (nSPS) is 11.0. The molecule has 0 saturated carbocycles. The summed E-state index contributed by atoms with van der Waals surface area (Å²) in [4.78, 5) is 10.9. The third kappa shape index (κ3) is 3.77. The van der Waals surface area contributed by atoms with E-state index in [-0.39, 0.29) is 6.09 Å². The number of hydrogen-bond donors (Lipinski definition) is 1. The molecule has 0 radical (unpaired) electrons. The predicted octanol–water partition coefficient (Wildman–Crippen LogP) is 2.84. The summed E-state index contributed by atoms with van der Waals surface area (Å²) in [5.74, 6) is 0. The summed E-state index contributed by atoms with van der Waals surface area (Å²) in [6.45, 7) is 2.59. The van der Waals surface area contributed by atoms with Gasteiger partial charge >= 0.3 is 6.09 Å². The van der Waals surface area contributed by atoms with Crippen LogP contribution in [0.1, 0.15) is 18.9 Å². The SMILES string of the molecule is C/C=C(\CCNC(=O)OC)c1ccccc1. The van der Waals surface area contributed by atoms with Crippen LogP contribution < -0.4 is 5.32 Å². The number of rotatable bonds is 4. The van der Waals surface area contributed by atoms with E-state index in [4.69, 9.17) is 0 Å². The molecule has 0 aliphatic heterocycles. The molecule has 0 bridgehead atoms. The Balaban J connectivity index is 2.49. The molecule has 0 unspecified atom stereocenters. The number of carbonyl (C=O) groups excluding carboxylic acids is 1. The topological polar surface area (TPSA) is 38.3 Å². The zero-order chi connectivity index (χ0) is 11.8. The van der Waals surface area contributed by atoms with Gasteiger partial charge < -0.3 is 10.1 Å². The van der Waals surface area contributed by atoms with Gasteiger partial charge in [0.25, 0.3) is 0 Å². The van der Waals surface area contributed by atoms with Gasteiger partial charge in [0, 0.05) is 6.54 Å². The fourth-order valence-corrected chi connectivity index (χ4v) is 1.48. The molecule has 0 atom stereocenters. The lowest BCUT2D eigenvalue weighted by Crippen LogP contribution is -2.24. The van der Waals surface area contributed by atoms with E-state index in [1.54, 1.807) is 0 Å². The van der Waals surface area contributed by atoms with Crippen LogP contribution in [0.4, 0.5) is 4.79 Å². The van der Waals surface area contributed by atoms with Gasteiger partial charge in [0.15, 0.2) is 0 Å². The number of carbonyl (C=O) groups is 1. The number of allylic oxidation sites excluding steroid dienone is 1. The van der Waals surface area contributed by atoms with Crippen molar-refractivity contribution in [2.24, 2.45) is 0 Å². The highest BCUT2D eigenvalue weighted by Crippen LogP contribution is 2.16. The van der Waals surface area contributed by atoms with E-state index in [1.165, 1.54) is 18.2 Å². The van der Waals surface area contributed by atoms with Gasteiger partial charge in [0.05, 0.1) is 7.11 Å². The van der Waals surface area contributed by atoms with E-state index in [0.29, 0.717) is 6.54 Å². The summed E-state index contributed by atoms with van der Waals surface area (Å²) in [5.41, 5.74) is 2.41. The Morgan fingerprint density at radius 1 is 1.38 bits per heavy atom. The summed E-state index contributed by atoms with van der Waals surface area (Å²) in [6, 6.07) is 10.1. The molecular formula is C13H17NO2. The van der Waals surface area contributed by atoms with Gasteiger partial charge in [-0.05, 0) is 24.5 Å². The number of hydrogen-bond acceptors (Lipinski definition) is 2. The maximum Gasteiger partial charge on any atom is 0.406 e. The fraction of sp³-hybridized carbons (Fsp3) is 0.308. The average Bonchev–Trinajstić information content (AvgIpc) is 2.35. The molecule has 16 heavy (non-hydrogen) atoms. The minimum atomic E-state index is -0.386. The van der Waals surface area contributed by atoms with Crippen molar-refractivity contribution in [3.63, 3.8) is 0 Å². The second-order valence-electron chi connectivity index (χ2n) is 3.35. The lowest BCUT2D eigenvalue weighted by molar-refractivity contribution is 0.171. The molecule has 1 rings (SSSR count). The molecule has 0 saturated heterocycles. The largest absolute Gasteiger partial charge is 0.453 e. The van der Waals surface area contributed by atoms with Gasteiger partial charge in [-0.25, -0.2) is 4.79 Å². The quantitative estimate of drug-likeness (QED) is 0.845. The third-order valence-electron chi connectivity index (χ3n) is 2.34. The Labute approximate surface area is 96.1 Å². The molecule has 0 aliphatic rings. The molecule has 0 aromatic heterocycles. The van der Waals surface area contributed by atoms with E-state index < -0.39 is 0 Å². The molecule has 1 aromatic rings. The third-order valence-corrected chi connectivity index (χ3v) is 2.34. The van der Waals surface area contributed by atoms with Crippen molar-refractivity contribution in [1.29, 1.82) is 0 Å². The van der Waals surface area contributed by atoms with Crippen LogP contribution in [-0.4, -0.2) is 19.7 Å². The van der Waals surface area contributed by atoms with Crippen molar-refractivity contribution in [3.05, 3.63) is 42.0 Å². The highest BCUT2D eigenvalue weighted by atomic mass is 16.5. The summed E-state index contributed by atoms with van der Waals surface area (Å²) in [6.07, 6.45) is 2.48. The van der Waals surface area contributed by atoms with Crippen LogP contribution in [0.25, 0.3) is 5.57 Å². The van der Waals surface area contributed by atoms with Crippen molar-refractivity contribution in [3.8, 4) is 0 Å². The van der Waals surface area contributed by atoms with Crippen molar-refractivity contribution < 1.29 is 9.53 Å². The summed E-state index contributed by atoms with van der Waals surface area (Å²) in [5, 5.41) is 2.66. The fourth-order valence-electron chi connectivity index (χ4n) is 1.48. The Bertz CT molecular complexity index is 357. The zero-order valence-corrected chi connectivity index (χ0v) is 9.69. The minimum Gasteiger partial charge on any atom is -0.453 e. The minimum absolute atomic E-state index is 0.386. The van der Waals surface area contributed by atoms with E-state index in [2.05, 4.69) is 28.3 Å². The van der Waals surface area contributed by atoms with Crippen LogP contribution >= 0.6 is 0 Å². The Morgan fingerprint density at radius 2 is 2.06 bits per heavy atom. The molecule has 0 fully saturated rings. The smallest absolute Gasteiger partial charge is 0.406 e. The lowest BCUT2D eigenvalue weighted by Gasteiger charge is -2.08. The molecular weight excluding hydrogens is 202 g/mol. The summed E-state index contributed by atoms with van der Waals surface area (Å²) in [7, 11) is 1.36. The van der Waals surface area contributed by atoms with Crippen LogP contribution in [0.2, 0.25) is 0 Å². The Hall–Kier alpha value is -1.77. The number of benzene rings is 1. The number of amides is 1.